The number of benzene rings is 2. The van der Waals surface area contributed by atoms with Crippen LogP contribution in [0.15, 0.2) is 48.8 Å². The van der Waals surface area contributed by atoms with Gasteiger partial charge in [-0.2, -0.15) is 0 Å². The summed E-state index contributed by atoms with van der Waals surface area (Å²) >= 11 is 14.2. The van der Waals surface area contributed by atoms with Gasteiger partial charge >= 0.3 is 0 Å². The van der Waals surface area contributed by atoms with E-state index in [4.69, 9.17) is 52.6 Å². The van der Waals surface area contributed by atoms with Gasteiger partial charge in [-0.1, -0.05) is 59.6 Å². The lowest BCUT2D eigenvalue weighted by Gasteiger charge is -2.32. The molecule has 2 fully saturated rings. The van der Waals surface area contributed by atoms with Gasteiger partial charge in [-0.3, -0.25) is 19.7 Å². The number of halogens is 2. The van der Waals surface area contributed by atoms with Gasteiger partial charge in [0.1, 0.15) is 17.2 Å². The van der Waals surface area contributed by atoms with Crippen molar-refractivity contribution in [3.63, 3.8) is 0 Å². The van der Waals surface area contributed by atoms with Crippen LogP contribution in [0.3, 0.4) is 0 Å². The van der Waals surface area contributed by atoms with Gasteiger partial charge in [0, 0.05) is 54.2 Å². The maximum Gasteiger partial charge on any atom is 0.237 e. The summed E-state index contributed by atoms with van der Waals surface area (Å²) in [5.74, 6) is 1.61. The second-order valence-corrected chi connectivity index (χ2v) is 13.9. The number of hydrogen-bond acceptors (Lipinski definition) is 9. The molecule has 0 saturated carbocycles. The number of methoxy groups -OCH3 is 2. The molecule has 12 heteroatoms. The monoisotopic (exact) mass is 716 g/mol. The second-order valence-electron chi connectivity index (χ2n) is 13.1. The maximum atomic E-state index is 11.7. The van der Waals surface area contributed by atoms with Gasteiger partial charge in [0.05, 0.1) is 48.0 Å². The fourth-order valence-electron chi connectivity index (χ4n) is 7.03. The van der Waals surface area contributed by atoms with E-state index in [-0.39, 0.29) is 17.7 Å². The lowest BCUT2D eigenvalue weighted by atomic mass is 9.93. The smallest absolute Gasteiger partial charge is 0.237 e. The predicted molar refractivity (Wildman–Crippen MR) is 194 cm³/mol. The molecule has 4 aromatic rings. The Morgan fingerprint density at radius 1 is 0.900 bits per heavy atom. The van der Waals surface area contributed by atoms with Gasteiger partial charge < -0.3 is 19.6 Å². The SMILES string of the molecule is COc1nc(-c2cccc(-c3cccc(-c4cnc(CN5CCCC(CC(C)=O)C5)c(OC)n4)c3Cl)c2Cl)cnc1CCC[C@H]1CCC(=O)N1. The zero-order chi connectivity index (χ0) is 35.2. The number of aryl methyl sites for hydroxylation is 1. The number of Topliss-reactive ketones (excluding diaryl/α,β-unsaturated/α-hetero) is 1. The first-order chi connectivity index (χ1) is 24.2. The number of nitrogens with zero attached hydrogens (tertiary/aromatic N) is 5. The molecule has 2 saturated heterocycles. The largest absolute Gasteiger partial charge is 0.480 e. The standard InChI is InChI=1S/C38H42Cl2N6O4/c1-23(47)18-24-8-7-17-46(21-24)22-33-38(50-3)45-32(20-42-33)29-13-6-11-27(36(29)40)26-10-5-12-28(35(26)39)31-19-41-30(37(44-31)49-2)14-4-9-25-15-16-34(48)43-25/h5-6,10-13,19-20,24-25H,4,7-9,14-18,21-22H2,1-3H3,(H,43,48)/t24?,25-/m0/s1. The molecule has 4 heterocycles. The van der Waals surface area contributed by atoms with Crippen molar-refractivity contribution in [2.45, 2.75) is 70.9 Å². The van der Waals surface area contributed by atoms with E-state index in [0.717, 1.165) is 67.7 Å². The van der Waals surface area contributed by atoms with Crippen LogP contribution in [0.1, 0.15) is 63.3 Å². The van der Waals surface area contributed by atoms with E-state index in [9.17, 15) is 9.59 Å². The molecule has 262 valence electrons. The summed E-state index contributed by atoms with van der Waals surface area (Å²) < 4.78 is 11.3. The van der Waals surface area contributed by atoms with Crippen molar-refractivity contribution in [3.8, 4) is 45.4 Å². The van der Waals surface area contributed by atoms with Gasteiger partial charge in [-0.05, 0) is 57.9 Å². The van der Waals surface area contributed by atoms with Gasteiger partial charge in [0.25, 0.3) is 0 Å². The average Bonchev–Trinajstić information content (AvgIpc) is 3.53. The molecule has 0 aliphatic carbocycles. The van der Waals surface area contributed by atoms with Gasteiger partial charge in [0.15, 0.2) is 0 Å². The average molecular weight is 718 g/mol. The summed E-state index contributed by atoms with van der Waals surface area (Å²) in [5.41, 5.74) is 5.55. The molecule has 50 heavy (non-hydrogen) atoms. The minimum atomic E-state index is 0.122. The highest BCUT2D eigenvalue weighted by Crippen LogP contribution is 2.42. The van der Waals surface area contributed by atoms with Gasteiger partial charge in [-0.25, -0.2) is 9.97 Å². The number of piperidine rings is 1. The van der Waals surface area contributed by atoms with Crippen LogP contribution < -0.4 is 14.8 Å². The molecule has 2 aliphatic rings. The summed E-state index contributed by atoms with van der Waals surface area (Å²) in [5, 5.41) is 3.98. The Balaban J connectivity index is 1.22. The van der Waals surface area contributed by atoms with Crippen LogP contribution in [0.2, 0.25) is 10.0 Å². The number of hydrogen-bond donors (Lipinski definition) is 1. The summed E-state index contributed by atoms with van der Waals surface area (Å²) in [7, 11) is 3.18. The first-order valence-corrected chi connectivity index (χ1v) is 17.9. The van der Waals surface area contributed by atoms with Crippen LogP contribution in [0.4, 0.5) is 0 Å². The lowest BCUT2D eigenvalue weighted by molar-refractivity contribution is -0.119. The van der Waals surface area contributed by atoms with Crippen molar-refractivity contribution >= 4 is 34.9 Å². The van der Waals surface area contributed by atoms with Crippen molar-refractivity contribution in [3.05, 3.63) is 70.2 Å². The Hall–Kier alpha value is -4.12. The minimum absolute atomic E-state index is 0.122. The van der Waals surface area contributed by atoms with E-state index in [1.807, 2.05) is 36.4 Å². The number of rotatable bonds is 13. The first-order valence-electron chi connectivity index (χ1n) is 17.1. The molecular weight excluding hydrogens is 675 g/mol. The topological polar surface area (TPSA) is 119 Å². The Morgan fingerprint density at radius 3 is 2.08 bits per heavy atom. The van der Waals surface area contributed by atoms with E-state index in [2.05, 4.69) is 10.2 Å². The summed E-state index contributed by atoms with van der Waals surface area (Å²) in [4.78, 5) is 44.6. The molecule has 1 amide bonds. The van der Waals surface area contributed by atoms with Gasteiger partial charge in [0.2, 0.25) is 17.7 Å². The first kappa shape index (κ1) is 35.7. The van der Waals surface area contributed by atoms with Crippen LogP contribution in [-0.2, 0) is 22.6 Å². The highest BCUT2D eigenvalue weighted by Gasteiger charge is 2.24. The van der Waals surface area contributed by atoms with E-state index in [0.29, 0.717) is 76.0 Å². The number of carbonyl (C=O) groups is 2. The molecule has 0 radical (unpaired) electrons. The van der Waals surface area contributed by atoms with Crippen LogP contribution in [-0.4, -0.2) is 69.9 Å². The number of amides is 1. The Kier molecular flexibility index (Phi) is 11.6. The predicted octanol–water partition coefficient (Wildman–Crippen LogP) is 7.38. The van der Waals surface area contributed by atoms with Crippen molar-refractivity contribution in [1.29, 1.82) is 0 Å². The zero-order valence-corrected chi connectivity index (χ0v) is 30.2. The van der Waals surface area contributed by atoms with Gasteiger partial charge in [-0.15, -0.1) is 0 Å². The number of ketones is 1. The van der Waals surface area contributed by atoms with Crippen LogP contribution in [0, 0.1) is 5.92 Å². The third-order valence-electron chi connectivity index (χ3n) is 9.45. The van der Waals surface area contributed by atoms with Crippen LogP contribution >= 0.6 is 23.2 Å². The summed E-state index contributed by atoms with van der Waals surface area (Å²) in [6.07, 6.45) is 10.1. The molecule has 1 N–H and O–H groups in total. The highest BCUT2D eigenvalue weighted by molar-refractivity contribution is 6.39. The number of ether oxygens (including phenoxy) is 2. The number of likely N-dealkylation sites (tertiary alicyclic amines) is 1. The molecule has 2 aromatic heterocycles. The third-order valence-corrected chi connectivity index (χ3v) is 10.3. The van der Waals surface area contributed by atoms with E-state index < -0.39 is 0 Å². The maximum absolute atomic E-state index is 11.7. The lowest BCUT2D eigenvalue weighted by Crippen LogP contribution is -2.36. The van der Waals surface area contributed by atoms with E-state index >= 15 is 0 Å². The Labute approximate surface area is 303 Å². The van der Waals surface area contributed by atoms with Crippen LogP contribution in [0.5, 0.6) is 11.8 Å². The molecule has 2 aromatic carbocycles. The van der Waals surface area contributed by atoms with Crippen molar-refractivity contribution in [1.82, 2.24) is 30.2 Å². The molecule has 2 atom stereocenters. The Morgan fingerprint density at radius 2 is 1.50 bits per heavy atom. The molecule has 10 nitrogen and oxygen atoms in total. The van der Waals surface area contributed by atoms with Crippen molar-refractivity contribution in [2.75, 3.05) is 27.3 Å². The molecule has 1 unspecified atom stereocenters. The Bertz CT molecular complexity index is 1870. The van der Waals surface area contributed by atoms with E-state index in [1.54, 1.807) is 33.5 Å². The second kappa shape index (κ2) is 16.3. The van der Waals surface area contributed by atoms with Crippen molar-refractivity contribution < 1.29 is 19.1 Å². The number of nitrogens with one attached hydrogen (secondary N) is 1. The third kappa shape index (κ3) is 8.25. The van der Waals surface area contributed by atoms with Crippen molar-refractivity contribution in [2.24, 2.45) is 5.92 Å². The van der Waals surface area contributed by atoms with E-state index in [1.165, 1.54) is 0 Å². The number of aromatic nitrogens is 4. The summed E-state index contributed by atoms with van der Waals surface area (Å²) in [6, 6.07) is 11.7. The quantitative estimate of drug-likeness (QED) is 0.151. The summed E-state index contributed by atoms with van der Waals surface area (Å²) in [6.45, 7) is 4.05. The molecular formula is C38H42Cl2N6O4. The van der Waals surface area contributed by atoms with Crippen LogP contribution in [0.25, 0.3) is 33.6 Å². The highest BCUT2D eigenvalue weighted by atomic mass is 35.5. The molecule has 0 spiro atoms. The molecule has 6 rings (SSSR count). The molecule has 2 aliphatic heterocycles. The molecule has 0 bridgehead atoms. The fourth-order valence-corrected chi connectivity index (χ4v) is 7.67. The zero-order valence-electron chi connectivity index (χ0n) is 28.7. The number of carbonyl (C=O) groups excluding carboxylic acids is 2. The fraction of sp³-hybridized carbons (Fsp3) is 0.421. The normalized spacial score (nSPS) is 17.8. The minimum Gasteiger partial charge on any atom is -0.480 e.